The number of aromatic nitrogens is 1. The minimum Gasteiger partial charge on any atom is -0.494 e. The molecule has 2 fully saturated rings. The van der Waals surface area contributed by atoms with E-state index in [4.69, 9.17) is 25.8 Å². The Balaban J connectivity index is 0.895. The van der Waals surface area contributed by atoms with E-state index in [0.717, 1.165) is 34.5 Å². The maximum atomic E-state index is 14.0. The van der Waals surface area contributed by atoms with Crippen LogP contribution in [-0.2, 0) is 25.7 Å². The monoisotopic (exact) mass is 968 g/mol. The Bertz CT molecular complexity index is 2450. The van der Waals surface area contributed by atoms with Crippen molar-refractivity contribution in [2.45, 2.75) is 131 Å². The number of hydrogen-bond donors (Lipinski definition) is 4. The van der Waals surface area contributed by atoms with Crippen LogP contribution in [0, 0.1) is 34.5 Å². The Kier molecular flexibility index (Phi) is 16.6. The van der Waals surface area contributed by atoms with Crippen LogP contribution in [-0.4, -0.2) is 94.8 Å². The highest BCUT2D eigenvalue weighted by atomic mass is 35.5. The Morgan fingerprint density at radius 3 is 2.29 bits per heavy atom. The summed E-state index contributed by atoms with van der Waals surface area (Å²) in [6.45, 7) is 18.1. The van der Waals surface area contributed by atoms with Gasteiger partial charge in [0.15, 0.2) is 0 Å². The van der Waals surface area contributed by atoms with Crippen molar-refractivity contribution in [3.8, 4) is 28.0 Å². The molecule has 6 rings (SSSR count). The molecule has 2 heterocycles. The molecule has 0 radical (unpaired) electrons. The van der Waals surface area contributed by atoms with Crippen molar-refractivity contribution in [3.05, 3.63) is 99.6 Å². The maximum absolute atomic E-state index is 14.0. The van der Waals surface area contributed by atoms with Gasteiger partial charge >= 0.3 is 0 Å². The first-order valence-electron chi connectivity index (χ1n) is 23.2. The van der Waals surface area contributed by atoms with Crippen molar-refractivity contribution in [2.24, 2.45) is 16.2 Å². The van der Waals surface area contributed by atoms with Crippen molar-refractivity contribution >= 4 is 46.6 Å². The molecular formula is C52H65ClN6O8S. The Hall–Kier alpha value is -5.53. The van der Waals surface area contributed by atoms with Crippen LogP contribution in [0.3, 0.4) is 0 Å². The molecular weight excluding hydrogens is 904 g/mol. The normalized spacial score (nSPS) is 20.3. The summed E-state index contributed by atoms with van der Waals surface area (Å²) < 4.78 is 18.2. The number of amides is 4. The number of likely N-dealkylation sites (tertiary alicyclic amines) is 1. The molecule has 364 valence electrons. The fourth-order valence-corrected chi connectivity index (χ4v) is 10.5. The first-order chi connectivity index (χ1) is 32.1. The molecule has 3 aromatic carbocycles. The molecule has 1 saturated carbocycles. The summed E-state index contributed by atoms with van der Waals surface area (Å²) in [7, 11) is 0. The molecule has 2 aliphatic rings. The number of carbonyl (C=O) groups is 4. The van der Waals surface area contributed by atoms with Crippen LogP contribution in [0.1, 0.15) is 108 Å². The zero-order valence-corrected chi connectivity index (χ0v) is 42.1. The highest BCUT2D eigenvalue weighted by molar-refractivity contribution is 7.13. The van der Waals surface area contributed by atoms with E-state index in [1.807, 2.05) is 64.4 Å². The van der Waals surface area contributed by atoms with Crippen LogP contribution in [0.5, 0.6) is 11.5 Å². The fraction of sp³-hybridized carbons (Fsp3) is 0.500. The molecule has 4 aromatic rings. The number of nitriles is 1. The second-order valence-electron chi connectivity index (χ2n) is 20.2. The number of benzene rings is 3. The standard InChI is InChI=1S/C52H65ClN6O8S/c1-31(12-10-11-23-65-38-20-17-35(18-21-38)45(62)58-48-51(6,7)49(52(48,8)9)67-39-22-19-36(26-54)40(53)25-39)66-29-42(61)57-44(50(3,4)5)47(64)59-28-37(60)24-41(59)46(63)55-27-33-13-15-34(16-14-33)43-32(2)56-30-68-43/h13-22,25,30-31,37,41,44,48-49,60H,10-12,23-24,27-29H2,1-9H3,(H,55,63)(H,57,61)(H,58,62)/t31-,37+,41-,44+,48-,49-/m0/s1. The number of aliphatic hydroxyl groups excluding tert-OH is 1. The number of carbonyl (C=O) groups excluding carboxylic acids is 4. The molecule has 1 aliphatic heterocycles. The van der Waals surface area contributed by atoms with Gasteiger partial charge < -0.3 is 40.2 Å². The molecule has 4 N–H and O–H groups in total. The lowest BCUT2D eigenvalue weighted by atomic mass is 9.49. The van der Waals surface area contributed by atoms with Gasteiger partial charge in [0.25, 0.3) is 5.91 Å². The summed E-state index contributed by atoms with van der Waals surface area (Å²) in [4.78, 5) is 60.9. The van der Waals surface area contributed by atoms with Crippen LogP contribution in [0.25, 0.3) is 10.4 Å². The predicted octanol–water partition coefficient (Wildman–Crippen LogP) is 8.02. The fourth-order valence-electron chi connectivity index (χ4n) is 9.52. The number of rotatable bonds is 19. The molecule has 0 spiro atoms. The zero-order chi connectivity index (χ0) is 49.6. The van der Waals surface area contributed by atoms with Crippen LogP contribution >= 0.6 is 22.9 Å². The predicted molar refractivity (Wildman–Crippen MR) is 262 cm³/mol. The first-order valence-corrected chi connectivity index (χ1v) is 24.4. The Morgan fingerprint density at radius 1 is 1.00 bits per heavy atom. The van der Waals surface area contributed by atoms with Gasteiger partial charge in [-0.2, -0.15) is 5.26 Å². The number of unbranched alkanes of at least 4 members (excludes halogenated alkanes) is 1. The second-order valence-corrected chi connectivity index (χ2v) is 21.5. The van der Waals surface area contributed by atoms with Crippen LogP contribution in [0.2, 0.25) is 5.02 Å². The average Bonchev–Trinajstić information content (AvgIpc) is 3.92. The lowest BCUT2D eigenvalue weighted by molar-refractivity contribution is -0.164. The molecule has 1 aromatic heterocycles. The number of nitrogens with zero attached hydrogens (tertiary/aromatic N) is 3. The van der Waals surface area contributed by atoms with Gasteiger partial charge in [0, 0.05) is 48.0 Å². The number of nitrogens with one attached hydrogen (secondary N) is 3. The lowest BCUT2D eigenvalue weighted by Crippen LogP contribution is -2.74. The zero-order valence-electron chi connectivity index (χ0n) is 40.5. The summed E-state index contributed by atoms with van der Waals surface area (Å²) in [5.74, 6) is -0.237. The minimum absolute atomic E-state index is 0.0160. The van der Waals surface area contributed by atoms with Crippen molar-refractivity contribution in [3.63, 3.8) is 0 Å². The third-order valence-corrected chi connectivity index (χ3v) is 14.3. The number of ether oxygens (including phenoxy) is 3. The quantitative estimate of drug-likeness (QED) is 0.0670. The molecule has 1 aliphatic carbocycles. The summed E-state index contributed by atoms with van der Waals surface area (Å²) >= 11 is 7.81. The summed E-state index contributed by atoms with van der Waals surface area (Å²) in [6, 6.07) is 20.0. The minimum atomic E-state index is -0.962. The first kappa shape index (κ1) is 51.9. The second kappa shape index (κ2) is 21.8. The van der Waals surface area contributed by atoms with Crippen molar-refractivity contribution in [1.82, 2.24) is 25.8 Å². The number of aliphatic hydroxyl groups is 1. The molecule has 0 unspecified atom stereocenters. The number of aryl methyl sites for hydroxylation is 1. The molecule has 68 heavy (non-hydrogen) atoms. The van der Waals surface area contributed by atoms with E-state index in [0.29, 0.717) is 40.7 Å². The highest BCUT2D eigenvalue weighted by Gasteiger charge is 2.64. The molecule has 4 atom stereocenters. The number of thiazole rings is 1. The molecule has 0 bridgehead atoms. The van der Waals surface area contributed by atoms with Gasteiger partial charge in [-0.1, -0.05) is 84.3 Å². The van der Waals surface area contributed by atoms with Gasteiger partial charge in [-0.15, -0.1) is 11.3 Å². The van der Waals surface area contributed by atoms with E-state index in [2.05, 4.69) is 54.7 Å². The van der Waals surface area contributed by atoms with E-state index >= 15 is 0 Å². The third-order valence-electron chi connectivity index (χ3n) is 13.0. The molecule has 16 heteroatoms. The van der Waals surface area contributed by atoms with Gasteiger partial charge in [-0.3, -0.25) is 19.2 Å². The van der Waals surface area contributed by atoms with Crippen LogP contribution in [0.15, 0.2) is 72.2 Å². The van der Waals surface area contributed by atoms with Gasteiger partial charge in [0.05, 0.1) is 45.5 Å². The topological polar surface area (TPSA) is 192 Å². The summed E-state index contributed by atoms with van der Waals surface area (Å²) in [6.07, 6.45) is 0.965. The third kappa shape index (κ3) is 12.4. The Labute approximate surface area is 409 Å². The lowest BCUT2D eigenvalue weighted by Gasteiger charge is -2.63. The van der Waals surface area contributed by atoms with Crippen LogP contribution in [0.4, 0.5) is 0 Å². The van der Waals surface area contributed by atoms with Crippen molar-refractivity contribution < 1.29 is 38.5 Å². The molecule has 4 amide bonds. The van der Waals surface area contributed by atoms with Gasteiger partial charge in [0.2, 0.25) is 17.7 Å². The van der Waals surface area contributed by atoms with Crippen molar-refractivity contribution in [1.29, 1.82) is 5.26 Å². The smallest absolute Gasteiger partial charge is 0.251 e. The van der Waals surface area contributed by atoms with E-state index in [1.54, 1.807) is 53.8 Å². The number of β-amino-alcohol motifs (C(OH)–C–C–N with tert-alkyl or cyclic N) is 1. The van der Waals surface area contributed by atoms with E-state index in [1.165, 1.54) is 4.90 Å². The van der Waals surface area contributed by atoms with Gasteiger partial charge in [-0.05, 0) is 86.1 Å². The van der Waals surface area contributed by atoms with E-state index in [-0.39, 0.29) is 56.2 Å². The summed E-state index contributed by atoms with van der Waals surface area (Å²) in [5, 5.41) is 29.1. The van der Waals surface area contributed by atoms with Crippen molar-refractivity contribution in [2.75, 3.05) is 19.8 Å². The summed E-state index contributed by atoms with van der Waals surface area (Å²) in [5.41, 5.74) is 4.12. The molecule has 1 saturated heterocycles. The van der Waals surface area contributed by atoms with Gasteiger partial charge in [-0.25, -0.2) is 4.98 Å². The SMILES string of the molecule is Cc1ncsc1-c1ccc(CNC(=O)[C@@H]2C[C@@H](O)CN2C(=O)[C@@H](NC(=O)CO[C@@H](C)CCCCOc2ccc(C(=O)N[C@H]3C(C)(C)[C@H](Oc4ccc(C#N)c(Cl)c4)C3(C)C)cc2)C(C)(C)C)cc1. The number of hydrogen-bond acceptors (Lipinski definition) is 11. The van der Waals surface area contributed by atoms with E-state index in [9.17, 15) is 29.5 Å². The highest BCUT2D eigenvalue weighted by Crippen LogP contribution is 2.55. The largest absolute Gasteiger partial charge is 0.494 e. The number of halogens is 1. The average molecular weight is 970 g/mol. The van der Waals surface area contributed by atoms with E-state index < -0.39 is 46.2 Å². The molecule has 14 nitrogen and oxygen atoms in total. The van der Waals surface area contributed by atoms with Crippen LogP contribution < -0.4 is 25.4 Å². The maximum Gasteiger partial charge on any atom is 0.251 e. The Morgan fingerprint density at radius 2 is 1.68 bits per heavy atom. The van der Waals surface area contributed by atoms with Gasteiger partial charge in [0.1, 0.15) is 42.4 Å².